The summed E-state index contributed by atoms with van der Waals surface area (Å²) < 4.78 is 25.5. The number of nitrogens with zero attached hydrogens (tertiary/aromatic N) is 5. The van der Waals surface area contributed by atoms with Crippen molar-refractivity contribution in [3.63, 3.8) is 0 Å². The Balaban J connectivity index is 1.51. The molecule has 2 atom stereocenters. The molecule has 2 aromatic heterocycles. The third kappa shape index (κ3) is 3.16. The summed E-state index contributed by atoms with van der Waals surface area (Å²) in [7, 11) is 0. The van der Waals surface area contributed by atoms with E-state index in [-0.39, 0.29) is 17.9 Å². The molecule has 0 bridgehead atoms. The van der Waals surface area contributed by atoms with Crippen molar-refractivity contribution in [1.29, 1.82) is 0 Å². The molecule has 0 unspecified atom stereocenters. The SMILES string of the molecule is C[C@H]1CN(c2ncccn2)CCN1[C@@H](C)c1nc2c(cc1F)OCCO2. The van der Waals surface area contributed by atoms with Gasteiger partial charge in [-0.3, -0.25) is 4.90 Å². The van der Waals surface area contributed by atoms with Gasteiger partial charge in [-0.05, 0) is 19.9 Å². The first-order valence-electron chi connectivity index (χ1n) is 8.87. The lowest BCUT2D eigenvalue weighted by Gasteiger charge is -2.42. The lowest BCUT2D eigenvalue weighted by atomic mass is 10.1. The molecule has 2 aromatic rings. The van der Waals surface area contributed by atoms with Crippen LogP contribution in [0.2, 0.25) is 0 Å². The van der Waals surface area contributed by atoms with E-state index in [1.54, 1.807) is 12.4 Å². The van der Waals surface area contributed by atoms with E-state index >= 15 is 0 Å². The standard InChI is InChI=1S/C18H22FN5O2/c1-12-11-23(18-20-4-3-5-21-18)6-7-24(12)13(2)16-14(19)10-15-17(22-16)26-9-8-25-15/h3-5,10,12-13H,6-9,11H2,1-2H3/t12-,13-/m0/s1. The van der Waals surface area contributed by atoms with Gasteiger partial charge >= 0.3 is 0 Å². The van der Waals surface area contributed by atoms with Crippen LogP contribution in [0.25, 0.3) is 0 Å². The molecule has 0 amide bonds. The molecule has 0 N–H and O–H groups in total. The van der Waals surface area contributed by atoms with Gasteiger partial charge in [-0.1, -0.05) is 0 Å². The van der Waals surface area contributed by atoms with Crippen LogP contribution in [-0.2, 0) is 0 Å². The van der Waals surface area contributed by atoms with Gasteiger partial charge in [0.1, 0.15) is 19.0 Å². The zero-order valence-electron chi connectivity index (χ0n) is 14.9. The third-order valence-corrected chi connectivity index (χ3v) is 4.92. The summed E-state index contributed by atoms with van der Waals surface area (Å²) in [5, 5.41) is 0. The second-order valence-corrected chi connectivity index (χ2v) is 6.61. The van der Waals surface area contributed by atoms with E-state index in [0.29, 0.717) is 30.5 Å². The number of halogens is 1. The number of anilines is 1. The number of pyridine rings is 1. The molecule has 26 heavy (non-hydrogen) atoms. The molecule has 4 rings (SSSR count). The highest BCUT2D eigenvalue weighted by atomic mass is 19.1. The van der Waals surface area contributed by atoms with Crippen LogP contribution in [0.3, 0.4) is 0 Å². The number of rotatable bonds is 3. The van der Waals surface area contributed by atoms with E-state index in [1.165, 1.54) is 6.07 Å². The molecule has 0 aromatic carbocycles. The maximum atomic E-state index is 14.6. The molecular formula is C18H22FN5O2. The first kappa shape index (κ1) is 17.0. The number of hydrogen-bond acceptors (Lipinski definition) is 7. The summed E-state index contributed by atoms with van der Waals surface area (Å²) in [5.74, 6) is 1.13. The largest absolute Gasteiger partial charge is 0.484 e. The summed E-state index contributed by atoms with van der Waals surface area (Å²) >= 11 is 0. The van der Waals surface area contributed by atoms with E-state index in [4.69, 9.17) is 9.47 Å². The van der Waals surface area contributed by atoms with Crippen molar-refractivity contribution < 1.29 is 13.9 Å². The summed E-state index contributed by atoms with van der Waals surface area (Å²) in [4.78, 5) is 17.4. The van der Waals surface area contributed by atoms with Crippen molar-refractivity contribution in [2.24, 2.45) is 0 Å². The molecule has 138 valence electrons. The number of piperazine rings is 1. The second kappa shape index (κ2) is 7.03. The Morgan fingerprint density at radius 3 is 2.73 bits per heavy atom. The fourth-order valence-corrected chi connectivity index (χ4v) is 3.60. The Morgan fingerprint density at radius 2 is 1.96 bits per heavy atom. The highest BCUT2D eigenvalue weighted by Gasteiger charge is 2.32. The van der Waals surface area contributed by atoms with Gasteiger partial charge in [0.25, 0.3) is 5.88 Å². The van der Waals surface area contributed by atoms with Crippen LogP contribution >= 0.6 is 0 Å². The van der Waals surface area contributed by atoms with Crippen LogP contribution in [0.4, 0.5) is 10.3 Å². The zero-order chi connectivity index (χ0) is 18.1. The van der Waals surface area contributed by atoms with Gasteiger partial charge in [0.05, 0.1) is 11.7 Å². The van der Waals surface area contributed by atoms with Crippen molar-refractivity contribution in [1.82, 2.24) is 19.9 Å². The lowest BCUT2D eigenvalue weighted by Crippen LogP contribution is -2.53. The topological polar surface area (TPSA) is 63.6 Å². The Bertz CT molecular complexity index is 776. The van der Waals surface area contributed by atoms with Gasteiger partial charge in [-0.25, -0.2) is 19.3 Å². The minimum atomic E-state index is -0.359. The Labute approximate surface area is 151 Å². The summed E-state index contributed by atoms with van der Waals surface area (Å²) in [6.07, 6.45) is 3.49. The van der Waals surface area contributed by atoms with Crippen molar-refractivity contribution in [2.75, 3.05) is 37.7 Å². The quantitative estimate of drug-likeness (QED) is 0.831. The molecule has 2 aliphatic heterocycles. The molecule has 1 saturated heterocycles. The minimum absolute atomic E-state index is 0.167. The number of fused-ring (bicyclic) bond motifs is 1. The molecular weight excluding hydrogens is 337 g/mol. The van der Waals surface area contributed by atoms with E-state index in [2.05, 4.69) is 31.7 Å². The maximum absolute atomic E-state index is 14.6. The minimum Gasteiger partial charge on any atom is -0.484 e. The highest BCUT2D eigenvalue weighted by molar-refractivity contribution is 5.37. The average Bonchev–Trinajstić information content (AvgIpc) is 2.67. The van der Waals surface area contributed by atoms with Gasteiger partial charge in [-0.2, -0.15) is 0 Å². The Morgan fingerprint density at radius 1 is 1.19 bits per heavy atom. The fraction of sp³-hybridized carbons (Fsp3) is 0.500. The van der Waals surface area contributed by atoms with Crippen molar-refractivity contribution in [3.05, 3.63) is 36.0 Å². The monoisotopic (exact) mass is 359 g/mol. The molecule has 0 spiro atoms. The van der Waals surface area contributed by atoms with Crippen molar-refractivity contribution >= 4 is 5.95 Å². The second-order valence-electron chi connectivity index (χ2n) is 6.61. The zero-order valence-corrected chi connectivity index (χ0v) is 14.9. The number of ether oxygens (including phenoxy) is 2. The summed E-state index contributed by atoms with van der Waals surface area (Å²) in [6, 6.07) is 3.23. The smallest absolute Gasteiger partial charge is 0.257 e. The van der Waals surface area contributed by atoms with Gasteiger partial charge in [-0.15, -0.1) is 0 Å². The summed E-state index contributed by atoms with van der Waals surface area (Å²) in [5.41, 5.74) is 0.394. The average molecular weight is 359 g/mol. The van der Waals surface area contributed by atoms with Gasteiger partial charge < -0.3 is 14.4 Å². The lowest BCUT2D eigenvalue weighted by molar-refractivity contribution is 0.128. The predicted octanol–water partition coefficient (Wildman–Crippen LogP) is 2.05. The molecule has 2 aliphatic rings. The van der Waals surface area contributed by atoms with Gasteiger partial charge in [0, 0.05) is 44.1 Å². The first-order valence-corrected chi connectivity index (χ1v) is 8.87. The normalized spacial score (nSPS) is 21.5. The number of aromatic nitrogens is 3. The molecule has 0 aliphatic carbocycles. The molecule has 0 saturated carbocycles. The summed E-state index contributed by atoms with van der Waals surface area (Å²) in [6.45, 7) is 7.30. The predicted molar refractivity (Wildman–Crippen MR) is 94.0 cm³/mol. The van der Waals surface area contributed by atoms with Crippen LogP contribution in [0.15, 0.2) is 24.5 Å². The third-order valence-electron chi connectivity index (χ3n) is 4.92. The van der Waals surface area contributed by atoms with Crippen molar-refractivity contribution in [3.8, 4) is 11.6 Å². The molecule has 0 radical (unpaired) electrons. The van der Waals surface area contributed by atoms with Gasteiger partial charge in [0.15, 0.2) is 5.75 Å². The Hall–Kier alpha value is -2.48. The highest BCUT2D eigenvalue weighted by Crippen LogP contribution is 2.34. The number of hydrogen-bond donors (Lipinski definition) is 0. The van der Waals surface area contributed by atoms with Gasteiger partial charge in [0.2, 0.25) is 5.95 Å². The van der Waals surface area contributed by atoms with Crippen LogP contribution in [0.1, 0.15) is 25.6 Å². The maximum Gasteiger partial charge on any atom is 0.257 e. The van der Waals surface area contributed by atoms with E-state index in [0.717, 1.165) is 25.6 Å². The fourth-order valence-electron chi connectivity index (χ4n) is 3.60. The van der Waals surface area contributed by atoms with Crippen LogP contribution in [0, 0.1) is 5.82 Å². The van der Waals surface area contributed by atoms with E-state index < -0.39 is 0 Å². The molecule has 4 heterocycles. The molecule has 7 nitrogen and oxygen atoms in total. The first-order chi connectivity index (χ1) is 12.6. The molecule has 8 heteroatoms. The van der Waals surface area contributed by atoms with Crippen LogP contribution in [-0.4, -0.2) is 58.7 Å². The van der Waals surface area contributed by atoms with Crippen LogP contribution in [0.5, 0.6) is 11.6 Å². The Kier molecular flexibility index (Phi) is 4.58. The van der Waals surface area contributed by atoms with Crippen molar-refractivity contribution in [2.45, 2.75) is 25.9 Å². The van der Waals surface area contributed by atoms with E-state index in [9.17, 15) is 4.39 Å². The van der Waals surface area contributed by atoms with Crippen LogP contribution < -0.4 is 14.4 Å². The van der Waals surface area contributed by atoms with E-state index in [1.807, 2.05) is 13.0 Å². The molecule has 1 fully saturated rings.